The maximum absolute atomic E-state index is 11.7. The van der Waals surface area contributed by atoms with Crippen molar-refractivity contribution in [2.75, 3.05) is 0 Å². The minimum Gasteiger partial charge on any atom is -0.530 e. The van der Waals surface area contributed by atoms with Crippen molar-refractivity contribution in [3.05, 3.63) is 35.9 Å². The maximum atomic E-state index is 11.7. The second kappa shape index (κ2) is 6.00. The highest BCUT2D eigenvalue weighted by Gasteiger charge is 2.37. The van der Waals surface area contributed by atoms with E-state index in [2.05, 4.69) is 5.92 Å². The van der Waals surface area contributed by atoms with Crippen LogP contribution in [0.15, 0.2) is 30.3 Å². The van der Waals surface area contributed by atoms with Gasteiger partial charge >= 0.3 is 0 Å². The van der Waals surface area contributed by atoms with Crippen LogP contribution in [0.3, 0.4) is 0 Å². The van der Waals surface area contributed by atoms with E-state index in [1.54, 1.807) is 6.92 Å². The van der Waals surface area contributed by atoms with Crippen LogP contribution < -0.4 is 5.11 Å². The summed E-state index contributed by atoms with van der Waals surface area (Å²) in [6.45, 7) is 1.78. The molecule has 0 saturated heterocycles. The van der Waals surface area contributed by atoms with Crippen molar-refractivity contribution in [3.63, 3.8) is 0 Å². The molecule has 1 aromatic rings. The van der Waals surface area contributed by atoms with Crippen LogP contribution in [0, 0.1) is 12.3 Å². The Morgan fingerprint density at radius 3 is 2.40 bits per heavy atom. The van der Waals surface area contributed by atoms with E-state index in [0.717, 1.165) is 37.7 Å². The van der Waals surface area contributed by atoms with E-state index in [1.807, 2.05) is 30.3 Å². The molecule has 3 heteroatoms. The normalized spacial score (nSPS) is 18.8. The summed E-state index contributed by atoms with van der Waals surface area (Å²) in [6, 6.07) is 9.34. The third kappa shape index (κ3) is 2.65. The van der Waals surface area contributed by atoms with Gasteiger partial charge in [-0.05, 0) is 25.3 Å². The lowest BCUT2D eigenvalue weighted by Gasteiger charge is -2.46. The van der Waals surface area contributed by atoms with E-state index in [9.17, 15) is 9.90 Å². The van der Waals surface area contributed by atoms with Gasteiger partial charge in [-0.1, -0.05) is 55.5 Å². The number of hydrogen-bond donors (Lipinski definition) is 0. The lowest BCUT2D eigenvalue weighted by Crippen LogP contribution is -2.57. The first kappa shape index (κ1) is 14.5. The van der Waals surface area contributed by atoms with Gasteiger partial charge in [0, 0.05) is 6.04 Å². The van der Waals surface area contributed by atoms with Crippen LogP contribution in [0.2, 0.25) is 0 Å². The van der Waals surface area contributed by atoms with E-state index in [-0.39, 0.29) is 6.04 Å². The highest BCUT2D eigenvalue weighted by atomic mass is 16.4. The molecule has 0 radical (unpaired) electrons. The van der Waals surface area contributed by atoms with Gasteiger partial charge in [0.25, 0.3) is 0 Å². The van der Waals surface area contributed by atoms with Crippen LogP contribution in [-0.4, -0.2) is 17.0 Å². The fourth-order valence-corrected chi connectivity index (χ4v) is 3.09. The molecular formula is C17H20NO2-. The van der Waals surface area contributed by atoms with Gasteiger partial charge in [-0.3, -0.25) is 0 Å². The summed E-state index contributed by atoms with van der Waals surface area (Å²) in [5.74, 6) is 2.68. The molecule has 2 rings (SSSR count). The van der Waals surface area contributed by atoms with Gasteiger partial charge in [0.05, 0.1) is 0 Å². The molecule has 0 aromatic heterocycles. The van der Waals surface area contributed by atoms with Crippen LogP contribution in [0.4, 0.5) is 4.79 Å². The van der Waals surface area contributed by atoms with Gasteiger partial charge in [-0.15, -0.1) is 6.42 Å². The molecule has 1 atom stereocenters. The van der Waals surface area contributed by atoms with Crippen molar-refractivity contribution < 1.29 is 9.90 Å². The molecule has 0 aliphatic heterocycles. The van der Waals surface area contributed by atoms with E-state index in [1.165, 1.54) is 4.90 Å². The predicted molar refractivity (Wildman–Crippen MR) is 76.7 cm³/mol. The second-order valence-electron chi connectivity index (χ2n) is 5.51. The highest BCUT2D eigenvalue weighted by molar-refractivity contribution is 5.66. The Balaban J connectivity index is 2.40. The fourth-order valence-electron chi connectivity index (χ4n) is 3.09. The number of hydrogen-bond acceptors (Lipinski definition) is 2. The van der Waals surface area contributed by atoms with Crippen LogP contribution in [0.1, 0.15) is 44.6 Å². The topological polar surface area (TPSA) is 43.4 Å². The lowest BCUT2D eigenvalue weighted by molar-refractivity contribution is -0.273. The van der Waals surface area contributed by atoms with Gasteiger partial charge in [0.15, 0.2) is 0 Å². The highest BCUT2D eigenvalue weighted by Crippen LogP contribution is 2.34. The van der Waals surface area contributed by atoms with E-state index in [0.29, 0.717) is 0 Å². The van der Waals surface area contributed by atoms with Gasteiger partial charge in [0.1, 0.15) is 11.6 Å². The number of nitrogens with zero attached hydrogens (tertiary/aromatic N) is 1. The zero-order valence-electron chi connectivity index (χ0n) is 11.8. The summed E-state index contributed by atoms with van der Waals surface area (Å²) >= 11 is 0. The first-order chi connectivity index (χ1) is 9.59. The van der Waals surface area contributed by atoms with Crippen molar-refractivity contribution in [1.29, 1.82) is 0 Å². The molecular weight excluding hydrogens is 250 g/mol. The molecule has 1 fully saturated rings. The molecule has 1 saturated carbocycles. The first-order valence-electron chi connectivity index (χ1n) is 7.13. The van der Waals surface area contributed by atoms with Gasteiger partial charge in [-0.2, -0.15) is 0 Å². The Kier molecular flexibility index (Phi) is 4.34. The minimum atomic E-state index is -1.18. The van der Waals surface area contributed by atoms with Gasteiger partial charge in [-0.25, -0.2) is 0 Å². The summed E-state index contributed by atoms with van der Waals surface area (Å²) in [4.78, 5) is 13.1. The van der Waals surface area contributed by atoms with E-state index < -0.39 is 11.6 Å². The van der Waals surface area contributed by atoms with Crippen LogP contribution in [-0.2, 0) is 5.54 Å². The smallest absolute Gasteiger partial charge is 0.138 e. The lowest BCUT2D eigenvalue weighted by atomic mass is 9.86. The molecule has 3 nitrogen and oxygen atoms in total. The molecule has 1 amide bonds. The number of carboxylic acid groups (broad SMARTS) is 1. The van der Waals surface area contributed by atoms with Crippen molar-refractivity contribution in [2.24, 2.45) is 0 Å². The number of amides is 1. The van der Waals surface area contributed by atoms with Gasteiger partial charge < -0.3 is 14.8 Å². The van der Waals surface area contributed by atoms with Crippen LogP contribution in [0.5, 0.6) is 0 Å². The Labute approximate surface area is 120 Å². The minimum absolute atomic E-state index is 0.0463. The second-order valence-corrected chi connectivity index (χ2v) is 5.51. The molecule has 1 aliphatic rings. The Hall–Kier alpha value is -1.95. The summed E-state index contributed by atoms with van der Waals surface area (Å²) in [5, 5.41) is 11.7. The predicted octanol–water partition coefficient (Wildman–Crippen LogP) is 2.51. The van der Waals surface area contributed by atoms with Crippen molar-refractivity contribution in [3.8, 4) is 12.3 Å². The van der Waals surface area contributed by atoms with Crippen molar-refractivity contribution >= 4 is 6.09 Å². The summed E-state index contributed by atoms with van der Waals surface area (Å²) in [6.07, 6.45) is 9.49. The molecule has 1 aliphatic carbocycles. The summed E-state index contributed by atoms with van der Waals surface area (Å²) < 4.78 is 0. The Morgan fingerprint density at radius 2 is 1.90 bits per heavy atom. The number of carbonyl (C=O) groups excluding carboxylic acids is 1. The molecule has 1 aromatic carbocycles. The number of rotatable bonds is 3. The van der Waals surface area contributed by atoms with Crippen molar-refractivity contribution in [2.45, 2.75) is 50.6 Å². The molecule has 0 heterocycles. The third-order valence-corrected chi connectivity index (χ3v) is 4.24. The standard InChI is InChI=1S/C17H21NO2/c1-3-17(2,14-10-6-4-7-11-14)18(16(19)20)15-12-8-5-9-13-15/h1,4,6-7,10-11,15H,5,8-9,12-13H2,2H3,(H,19,20)/p-1. The number of benzene rings is 1. The third-order valence-electron chi connectivity index (χ3n) is 4.24. The van der Waals surface area contributed by atoms with Crippen molar-refractivity contribution in [1.82, 2.24) is 4.90 Å². The average Bonchev–Trinajstić information content (AvgIpc) is 2.49. The monoisotopic (exact) mass is 270 g/mol. The zero-order chi connectivity index (χ0) is 14.6. The van der Waals surface area contributed by atoms with E-state index in [4.69, 9.17) is 6.42 Å². The molecule has 0 spiro atoms. The SMILES string of the molecule is C#CC(C)(c1ccccc1)N(C(=O)[O-])C1CCCCC1. The largest absolute Gasteiger partial charge is 0.530 e. The molecule has 0 N–H and O–H groups in total. The summed E-state index contributed by atoms with van der Waals surface area (Å²) in [5.41, 5.74) is -0.153. The molecule has 106 valence electrons. The Bertz CT molecular complexity index is 499. The molecule has 20 heavy (non-hydrogen) atoms. The van der Waals surface area contributed by atoms with Crippen LogP contribution >= 0.6 is 0 Å². The zero-order valence-corrected chi connectivity index (χ0v) is 11.8. The maximum Gasteiger partial charge on any atom is 0.138 e. The number of terminal acetylenes is 1. The fraction of sp³-hybridized carbons (Fsp3) is 0.471. The van der Waals surface area contributed by atoms with Gasteiger partial charge in [0.2, 0.25) is 0 Å². The Morgan fingerprint density at radius 1 is 1.30 bits per heavy atom. The first-order valence-corrected chi connectivity index (χ1v) is 7.13. The molecule has 0 bridgehead atoms. The number of carbonyl (C=O) groups is 1. The quantitative estimate of drug-likeness (QED) is 0.792. The molecule has 1 unspecified atom stereocenters. The van der Waals surface area contributed by atoms with Crippen LogP contribution in [0.25, 0.3) is 0 Å². The van der Waals surface area contributed by atoms with E-state index >= 15 is 0 Å². The average molecular weight is 270 g/mol. The summed E-state index contributed by atoms with van der Waals surface area (Å²) in [7, 11) is 0.